The van der Waals surface area contributed by atoms with Crippen LogP contribution in [-0.2, 0) is 9.47 Å². The van der Waals surface area contributed by atoms with Gasteiger partial charge in [-0.25, -0.2) is 0 Å². The van der Waals surface area contributed by atoms with Crippen LogP contribution in [0, 0.1) is 0 Å². The molecule has 4 aromatic carbocycles. The van der Waals surface area contributed by atoms with E-state index >= 15 is 0 Å². The van der Waals surface area contributed by atoms with Gasteiger partial charge in [0.15, 0.2) is 0 Å². The summed E-state index contributed by atoms with van der Waals surface area (Å²) in [5.74, 6) is 0. The Labute approximate surface area is 214 Å². The summed E-state index contributed by atoms with van der Waals surface area (Å²) in [5.41, 5.74) is 3.49. The zero-order valence-electron chi connectivity index (χ0n) is 22.2. The number of ether oxygens (including phenoxy) is 2. The average molecular weight is 481 g/mol. The van der Waals surface area contributed by atoms with E-state index in [4.69, 9.17) is 19.5 Å². The third-order valence-corrected chi connectivity index (χ3v) is 5.71. The van der Waals surface area contributed by atoms with Crippen LogP contribution in [0.5, 0.6) is 0 Å². The summed E-state index contributed by atoms with van der Waals surface area (Å²) < 4.78 is 11.8. The Morgan fingerprint density at radius 2 is 0.944 bits per heavy atom. The minimum atomic E-state index is -0.217. The molecule has 0 fully saturated rings. The molecule has 186 valence electrons. The van der Waals surface area contributed by atoms with E-state index in [9.17, 15) is 0 Å². The van der Waals surface area contributed by atoms with Gasteiger partial charge in [-0.05, 0) is 75.2 Å². The molecule has 0 atom stereocenters. The number of rotatable bonds is 7. The molecule has 0 heterocycles. The Morgan fingerprint density at radius 3 is 1.33 bits per heavy atom. The van der Waals surface area contributed by atoms with E-state index in [1.807, 2.05) is 54.0 Å². The van der Waals surface area contributed by atoms with Gasteiger partial charge < -0.3 is 9.47 Å². The van der Waals surface area contributed by atoms with Crippen molar-refractivity contribution in [2.45, 2.75) is 52.7 Å². The van der Waals surface area contributed by atoms with Crippen LogP contribution in [-0.4, -0.2) is 36.8 Å². The van der Waals surface area contributed by atoms with Crippen molar-refractivity contribution < 1.29 is 9.47 Å². The second kappa shape index (κ2) is 10.7. The van der Waals surface area contributed by atoms with E-state index in [1.54, 1.807) is 0 Å². The van der Waals surface area contributed by atoms with E-state index in [2.05, 4.69) is 72.8 Å². The lowest BCUT2D eigenvalue weighted by Crippen LogP contribution is -2.20. The molecule has 0 bridgehead atoms. The number of nitrogens with zero attached hydrogens (tertiary/aromatic N) is 2. The second-order valence-corrected chi connectivity index (χ2v) is 10.8. The van der Waals surface area contributed by atoms with Gasteiger partial charge in [0.25, 0.3) is 0 Å². The standard InChI is InChI=1S/C32H36N2O2/c1-31(2,3)35-21-19-33-27-17-15-23-11-7-9-13-25(23)29(27)30-26-14-10-8-12-24(26)16-18-28(30)34-20-22-36-32(4,5)6/h7-20H,21-22H2,1-6H3. The summed E-state index contributed by atoms with van der Waals surface area (Å²) in [5, 5.41) is 4.61. The van der Waals surface area contributed by atoms with Crippen LogP contribution >= 0.6 is 0 Å². The van der Waals surface area contributed by atoms with Crippen LogP contribution in [0.2, 0.25) is 0 Å². The highest BCUT2D eigenvalue weighted by Crippen LogP contribution is 2.45. The molecule has 0 spiro atoms. The fraction of sp³-hybridized carbons (Fsp3) is 0.312. The zero-order chi connectivity index (χ0) is 25.8. The lowest BCUT2D eigenvalue weighted by molar-refractivity contribution is 0.0225. The van der Waals surface area contributed by atoms with Crippen LogP contribution < -0.4 is 0 Å². The highest BCUT2D eigenvalue weighted by atomic mass is 16.5. The Balaban J connectivity index is 1.90. The number of benzene rings is 4. The summed E-state index contributed by atoms with van der Waals surface area (Å²) in [6, 6.07) is 25.3. The van der Waals surface area contributed by atoms with E-state index in [1.165, 1.54) is 0 Å². The predicted molar refractivity (Wildman–Crippen MR) is 155 cm³/mol. The molecule has 0 N–H and O–H groups in total. The Bertz CT molecular complexity index is 1300. The van der Waals surface area contributed by atoms with Crippen LogP contribution in [0.25, 0.3) is 32.7 Å². The van der Waals surface area contributed by atoms with Gasteiger partial charge >= 0.3 is 0 Å². The molecule has 0 radical (unpaired) electrons. The molecule has 36 heavy (non-hydrogen) atoms. The van der Waals surface area contributed by atoms with Crippen molar-refractivity contribution >= 4 is 45.3 Å². The highest BCUT2D eigenvalue weighted by molar-refractivity contribution is 6.13. The van der Waals surface area contributed by atoms with E-state index in [-0.39, 0.29) is 11.2 Å². The first-order valence-corrected chi connectivity index (χ1v) is 12.5. The van der Waals surface area contributed by atoms with Crippen molar-refractivity contribution in [1.82, 2.24) is 0 Å². The monoisotopic (exact) mass is 480 g/mol. The minimum absolute atomic E-state index is 0.217. The molecular weight excluding hydrogens is 444 g/mol. The van der Waals surface area contributed by atoms with Crippen LogP contribution in [0.1, 0.15) is 41.5 Å². The highest BCUT2D eigenvalue weighted by Gasteiger charge is 2.17. The molecule has 0 saturated heterocycles. The number of hydrogen-bond acceptors (Lipinski definition) is 4. The smallest absolute Gasteiger partial charge is 0.0826 e. The molecule has 0 aliphatic rings. The normalized spacial score (nSPS) is 12.9. The van der Waals surface area contributed by atoms with Gasteiger partial charge in [-0.15, -0.1) is 0 Å². The molecule has 0 saturated carbocycles. The molecule has 4 aromatic rings. The van der Waals surface area contributed by atoms with Crippen molar-refractivity contribution in [3.05, 3.63) is 72.8 Å². The summed E-state index contributed by atoms with van der Waals surface area (Å²) in [6.45, 7) is 13.2. The van der Waals surface area contributed by atoms with Crippen molar-refractivity contribution in [3.8, 4) is 11.1 Å². The molecule has 0 unspecified atom stereocenters. The quantitative estimate of drug-likeness (QED) is 0.248. The van der Waals surface area contributed by atoms with Gasteiger partial charge in [-0.2, -0.15) is 0 Å². The number of hydrogen-bond donors (Lipinski definition) is 0. The van der Waals surface area contributed by atoms with Crippen molar-refractivity contribution in [3.63, 3.8) is 0 Å². The maximum atomic E-state index is 5.88. The largest absolute Gasteiger partial charge is 0.370 e. The molecule has 0 amide bonds. The number of aliphatic imine (C=N–C) groups is 2. The lowest BCUT2D eigenvalue weighted by atomic mass is 9.91. The van der Waals surface area contributed by atoms with Crippen molar-refractivity contribution in [2.24, 2.45) is 9.98 Å². The lowest BCUT2D eigenvalue weighted by Gasteiger charge is -2.18. The predicted octanol–water partition coefficient (Wildman–Crippen LogP) is 8.69. The Hall–Kier alpha value is -3.34. The molecule has 4 heteroatoms. The molecule has 0 aliphatic heterocycles. The van der Waals surface area contributed by atoms with Gasteiger partial charge in [-0.3, -0.25) is 9.98 Å². The topological polar surface area (TPSA) is 43.2 Å². The van der Waals surface area contributed by atoms with Crippen LogP contribution in [0.4, 0.5) is 11.4 Å². The fourth-order valence-corrected chi connectivity index (χ4v) is 4.11. The summed E-state index contributed by atoms with van der Waals surface area (Å²) in [7, 11) is 0. The maximum Gasteiger partial charge on any atom is 0.0826 e. The third-order valence-electron chi connectivity index (χ3n) is 5.71. The second-order valence-electron chi connectivity index (χ2n) is 10.8. The van der Waals surface area contributed by atoms with Crippen LogP contribution in [0.15, 0.2) is 82.8 Å². The first-order chi connectivity index (χ1) is 17.1. The van der Waals surface area contributed by atoms with Crippen molar-refractivity contribution in [1.29, 1.82) is 0 Å². The summed E-state index contributed by atoms with van der Waals surface area (Å²) in [6.07, 6.45) is 3.70. The molecule has 4 nitrogen and oxygen atoms in total. The SMILES string of the molecule is CC(C)(C)OCC=Nc1ccc2ccccc2c1-c1c(N=CCOC(C)(C)C)ccc2ccccc12. The van der Waals surface area contributed by atoms with E-state index < -0.39 is 0 Å². The molecule has 4 rings (SSSR count). The third kappa shape index (κ3) is 6.45. The van der Waals surface area contributed by atoms with Gasteiger partial charge in [0.2, 0.25) is 0 Å². The van der Waals surface area contributed by atoms with Gasteiger partial charge in [0, 0.05) is 23.6 Å². The number of fused-ring (bicyclic) bond motifs is 2. The van der Waals surface area contributed by atoms with E-state index in [0.29, 0.717) is 13.2 Å². The Morgan fingerprint density at radius 1 is 0.556 bits per heavy atom. The van der Waals surface area contributed by atoms with E-state index in [0.717, 1.165) is 44.0 Å². The molecular formula is C32H36N2O2. The van der Waals surface area contributed by atoms with Gasteiger partial charge in [0.1, 0.15) is 0 Å². The first kappa shape index (κ1) is 25.7. The Kier molecular flexibility index (Phi) is 7.67. The maximum absolute atomic E-state index is 5.88. The van der Waals surface area contributed by atoms with Gasteiger partial charge in [-0.1, -0.05) is 60.7 Å². The molecule has 0 aromatic heterocycles. The first-order valence-electron chi connectivity index (χ1n) is 12.5. The average Bonchev–Trinajstić information content (AvgIpc) is 2.83. The van der Waals surface area contributed by atoms with Crippen molar-refractivity contribution in [2.75, 3.05) is 13.2 Å². The van der Waals surface area contributed by atoms with Gasteiger partial charge in [0.05, 0.1) is 35.8 Å². The summed E-state index contributed by atoms with van der Waals surface area (Å²) >= 11 is 0. The zero-order valence-corrected chi connectivity index (χ0v) is 22.2. The summed E-state index contributed by atoms with van der Waals surface area (Å²) in [4.78, 5) is 9.77. The minimum Gasteiger partial charge on any atom is -0.370 e. The molecule has 0 aliphatic carbocycles. The fourth-order valence-electron chi connectivity index (χ4n) is 4.11. The van der Waals surface area contributed by atoms with Crippen LogP contribution in [0.3, 0.4) is 0 Å².